The average Bonchev–Trinajstić information content (AvgIpc) is 2.75. The molecule has 102 valence electrons. The summed E-state index contributed by atoms with van der Waals surface area (Å²) in [6, 6.07) is 4.33. The first kappa shape index (κ1) is 13.6. The molecule has 1 fully saturated rings. The van der Waals surface area contributed by atoms with Crippen molar-refractivity contribution in [3.05, 3.63) is 24.2 Å². The van der Waals surface area contributed by atoms with E-state index in [2.05, 4.69) is 30.7 Å². The molecule has 1 aliphatic heterocycles. The number of aliphatic hydroxyl groups is 1. The van der Waals surface area contributed by atoms with Gasteiger partial charge in [-0.1, -0.05) is 0 Å². The maximum Gasteiger partial charge on any atom is 0.117 e. The van der Waals surface area contributed by atoms with E-state index in [9.17, 15) is 5.11 Å². The van der Waals surface area contributed by atoms with Crippen LogP contribution in [0.15, 0.2) is 22.8 Å². The van der Waals surface area contributed by atoms with E-state index in [1.54, 1.807) is 6.26 Å². The summed E-state index contributed by atoms with van der Waals surface area (Å²) in [4.78, 5) is 4.81. The Morgan fingerprint density at radius 1 is 1.50 bits per heavy atom. The molecule has 1 aliphatic rings. The molecule has 1 unspecified atom stereocenters. The van der Waals surface area contributed by atoms with Crippen LogP contribution in [0.5, 0.6) is 0 Å². The highest BCUT2D eigenvalue weighted by atomic mass is 16.3. The molecule has 0 saturated carbocycles. The average molecular weight is 252 g/mol. The number of hydrogen-bond donors (Lipinski definition) is 1. The second-order valence-electron chi connectivity index (χ2n) is 5.88. The van der Waals surface area contributed by atoms with E-state index < -0.39 is 0 Å². The highest BCUT2D eigenvalue weighted by Crippen LogP contribution is 2.28. The first-order valence-corrected chi connectivity index (χ1v) is 6.61. The third-order valence-electron chi connectivity index (χ3n) is 3.77. The Morgan fingerprint density at radius 3 is 2.89 bits per heavy atom. The largest absolute Gasteiger partial charge is 0.468 e. The molecule has 4 heteroatoms. The fourth-order valence-electron chi connectivity index (χ4n) is 3.08. The standard InChI is InChI=1S/C14H24N2O2/c1-14(2)11-15(3)9-12(6-7-17)16(14)10-13-5-4-8-18-13/h4-5,8,12,17H,6-7,9-11H2,1-3H3. The highest BCUT2D eigenvalue weighted by Gasteiger charge is 2.38. The molecule has 1 aromatic rings. The minimum absolute atomic E-state index is 0.0969. The molecule has 1 saturated heterocycles. The monoisotopic (exact) mass is 252 g/mol. The molecule has 1 aromatic heterocycles. The van der Waals surface area contributed by atoms with Gasteiger partial charge in [-0.2, -0.15) is 0 Å². The summed E-state index contributed by atoms with van der Waals surface area (Å²) in [6.45, 7) is 7.62. The van der Waals surface area contributed by atoms with Crippen LogP contribution in [0.1, 0.15) is 26.0 Å². The summed E-state index contributed by atoms with van der Waals surface area (Å²) in [5.74, 6) is 0.996. The lowest BCUT2D eigenvalue weighted by Gasteiger charge is -2.50. The van der Waals surface area contributed by atoms with Crippen molar-refractivity contribution in [1.29, 1.82) is 0 Å². The quantitative estimate of drug-likeness (QED) is 0.882. The van der Waals surface area contributed by atoms with Crippen LogP contribution < -0.4 is 0 Å². The molecule has 0 radical (unpaired) electrons. The maximum absolute atomic E-state index is 9.25. The van der Waals surface area contributed by atoms with Gasteiger partial charge in [-0.05, 0) is 39.4 Å². The van der Waals surface area contributed by atoms with E-state index in [1.165, 1.54) is 0 Å². The topological polar surface area (TPSA) is 39.9 Å². The SMILES string of the molecule is CN1CC(CCO)N(Cc2ccco2)C(C)(C)C1. The van der Waals surface area contributed by atoms with Gasteiger partial charge < -0.3 is 14.4 Å². The van der Waals surface area contributed by atoms with Crippen LogP contribution in [0.3, 0.4) is 0 Å². The lowest BCUT2D eigenvalue weighted by Crippen LogP contribution is -2.62. The number of nitrogens with zero attached hydrogens (tertiary/aromatic N) is 2. The minimum atomic E-state index is 0.0969. The Morgan fingerprint density at radius 2 is 2.28 bits per heavy atom. The second-order valence-corrected chi connectivity index (χ2v) is 5.88. The number of hydrogen-bond acceptors (Lipinski definition) is 4. The van der Waals surface area contributed by atoms with Crippen molar-refractivity contribution in [3.8, 4) is 0 Å². The zero-order valence-electron chi connectivity index (χ0n) is 11.6. The molecule has 2 rings (SSSR count). The summed E-state index contributed by atoms with van der Waals surface area (Å²) in [7, 11) is 2.15. The highest BCUT2D eigenvalue weighted by molar-refractivity contribution is 5.02. The van der Waals surface area contributed by atoms with Gasteiger partial charge in [-0.25, -0.2) is 0 Å². The van der Waals surface area contributed by atoms with E-state index in [-0.39, 0.29) is 12.1 Å². The number of aliphatic hydroxyl groups excluding tert-OH is 1. The van der Waals surface area contributed by atoms with Gasteiger partial charge >= 0.3 is 0 Å². The molecule has 0 bridgehead atoms. The predicted octanol–water partition coefficient (Wildman–Crippen LogP) is 1.56. The van der Waals surface area contributed by atoms with Crippen molar-refractivity contribution in [2.75, 3.05) is 26.7 Å². The third kappa shape index (κ3) is 2.94. The van der Waals surface area contributed by atoms with E-state index >= 15 is 0 Å². The predicted molar refractivity (Wildman–Crippen MR) is 71.3 cm³/mol. The zero-order valence-corrected chi connectivity index (χ0v) is 11.6. The fourth-order valence-corrected chi connectivity index (χ4v) is 3.08. The Labute approximate surface area is 109 Å². The lowest BCUT2D eigenvalue weighted by molar-refractivity contribution is -0.0338. The van der Waals surface area contributed by atoms with Crippen LogP contribution >= 0.6 is 0 Å². The van der Waals surface area contributed by atoms with Crippen molar-refractivity contribution in [2.24, 2.45) is 0 Å². The Balaban J connectivity index is 2.15. The summed E-state index contributed by atoms with van der Waals surface area (Å²) in [6.07, 6.45) is 2.54. The van der Waals surface area contributed by atoms with Crippen LogP contribution in [0, 0.1) is 0 Å². The first-order chi connectivity index (χ1) is 8.53. The molecular weight excluding hydrogens is 228 g/mol. The van der Waals surface area contributed by atoms with Gasteiger partial charge in [0.05, 0.1) is 12.8 Å². The second kappa shape index (κ2) is 5.43. The van der Waals surface area contributed by atoms with E-state index in [0.29, 0.717) is 6.04 Å². The molecule has 0 aliphatic carbocycles. The Kier molecular flexibility index (Phi) is 4.10. The summed E-state index contributed by atoms with van der Waals surface area (Å²) < 4.78 is 5.47. The van der Waals surface area contributed by atoms with Gasteiger partial charge in [-0.3, -0.25) is 4.90 Å². The number of rotatable bonds is 4. The van der Waals surface area contributed by atoms with Crippen molar-refractivity contribution in [1.82, 2.24) is 9.80 Å². The molecule has 4 nitrogen and oxygen atoms in total. The van der Waals surface area contributed by atoms with Gasteiger partial charge in [0.25, 0.3) is 0 Å². The third-order valence-corrected chi connectivity index (χ3v) is 3.77. The van der Waals surface area contributed by atoms with Crippen LogP contribution in [-0.4, -0.2) is 53.2 Å². The van der Waals surface area contributed by atoms with Crippen LogP contribution in [0.25, 0.3) is 0 Å². The van der Waals surface area contributed by atoms with Gasteiger partial charge in [0.15, 0.2) is 0 Å². The first-order valence-electron chi connectivity index (χ1n) is 6.61. The molecule has 1 N–H and O–H groups in total. The number of likely N-dealkylation sites (N-methyl/N-ethyl adjacent to an activating group) is 1. The Hall–Kier alpha value is -0.840. The molecule has 2 heterocycles. The maximum atomic E-state index is 9.25. The summed E-state index contributed by atoms with van der Waals surface area (Å²) in [5, 5.41) is 9.25. The van der Waals surface area contributed by atoms with Crippen molar-refractivity contribution in [2.45, 2.75) is 38.4 Å². The molecular formula is C14H24N2O2. The lowest BCUT2D eigenvalue weighted by atomic mass is 9.93. The van der Waals surface area contributed by atoms with E-state index in [0.717, 1.165) is 31.8 Å². The summed E-state index contributed by atoms with van der Waals surface area (Å²) >= 11 is 0. The zero-order chi connectivity index (χ0) is 13.2. The van der Waals surface area contributed by atoms with Crippen molar-refractivity contribution < 1.29 is 9.52 Å². The smallest absolute Gasteiger partial charge is 0.117 e. The fraction of sp³-hybridized carbons (Fsp3) is 0.714. The Bertz CT molecular complexity index is 362. The van der Waals surface area contributed by atoms with Gasteiger partial charge in [0.1, 0.15) is 5.76 Å². The van der Waals surface area contributed by atoms with E-state index in [1.807, 2.05) is 12.1 Å². The number of furan rings is 1. The molecule has 1 atom stereocenters. The molecule has 18 heavy (non-hydrogen) atoms. The molecule has 0 spiro atoms. The van der Waals surface area contributed by atoms with Crippen LogP contribution in [0.2, 0.25) is 0 Å². The van der Waals surface area contributed by atoms with Gasteiger partial charge in [0.2, 0.25) is 0 Å². The van der Waals surface area contributed by atoms with Crippen LogP contribution in [-0.2, 0) is 6.54 Å². The molecule has 0 aromatic carbocycles. The molecule has 0 amide bonds. The van der Waals surface area contributed by atoms with Gasteiger partial charge in [0, 0.05) is 31.3 Å². The summed E-state index contributed by atoms with van der Waals surface area (Å²) in [5.41, 5.74) is 0.0969. The van der Waals surface area contributed by atoms with E-state index in [4.69, 9.17) is 4.42 Å². The van der Waals surface area contributed by atoms with Crippen LogP contribution in [0.4, 0.5) is 0 Å². The van der Waals surface area contributed by atoms with Gasteiger partial charge in [-0.15, -0.1) is 0 Å². The van der Waals surface area contributed by atoms with Crippen molar-refractivity contribution >= 4 is 0 Å². The number of piperazine rings is 1. The normalized spacial score (nSPS) is 25.4. The minimum Gasteiger partial charge on any atom is -0.468 e. The van der Waals surface area contributed by atoms with Crippen molar-refractivity contribution in [3.63, 3.8) is 0 Å².